The zero-order valence-electron chi connectivity index (χ0n) is 15.1. The zero-order chi connectivity index (χ0) is 17.9. The summed E-state index contributed by atoms with van der Waals surface area (Å²) in [4.78, 5) is 14.1. The summed E-state index contributed by atoms with van der Waals surface area (Å²) in [6, 6.07) is 10.2. The molecule has 0 atom stereocenters. The van der Waals surface area contributed by atoms with E-state index in [1.807, 2.05) is 56.0 Å². The summed E-state index contributed by atoms with van der Waals surface area (Å²) in [5, 5.41) is 4.46. The van der Waals surface area contributed by atoms with Crippen molar-refractivity contribution in [2.45, 2.75) is 39.3 Å². The van der Waals surface area contributed by atoms with Gasteiger partial charge in [0.2, 0.25) is 0 Å². The van der Waals surface area contributed by atoms with Crippen LogP contribution in [0.2, 0.25) is 0 Å². The van der Waals surface area contributed by atoms with E-state index in [-0.39, 0.29) is 6.09 Å². The third-order valence-electron chi connectivity index (χ3n) is 3.99. The van der Waals surface area contributed by atoms with Crippen LogP contribution in [0.15, 0.2) is 48.8 Å². The van der Waals surface area contributed by atoms with Crippen LogP contribution in [0.5, 0.6) is 0 Å². The minimum atomic E-state index is -0.473. The SMILES string of the molecule is CC(C)(C)OC(=O)N1CCC=C(c2cnn(Cc3ccccc3)c2)C1. The topological polar surface area (TPSA) is 47.4 Å². The van der Waals surface area contributed by atoms with Gasteiger partial charge in [-0.2, -0.15) is 5.10 Å². The van der Waals surface area contributed by atoms with Crippen molar-refractivity contribution in [1.82, 2.24) is 14.7 Å². The second kappa shape index (κ2) is 7.13. The first kappa shape index (κ1) is 17.3. The number of aromatic nitrogens is 2. The van der Waals surface area contributed by atoms with Gasteiger partial charge >= 0.3 is 6.09 Å². The van der Waals surface area contributed by atoms with Crippen LogP contribution in [0, 0.1) is 0 Å². The minimum Gasteiger partial charge on any atom is -0.444 e. The summed E-state index contributed by atoms with van der Waals surface area (Å²) in [6.45, 7) is 7.66. The van der Waals surface area contributed by atoms with Crippen molar-refractivity contribution in [2.75, 3.05) is 13.1 Å². The fourth-order valence-corrected chi connectivity index (χ4v) is 2.82. The van der Waals surface area contributed by atoms with E-state index < -0.39 is 5.60 Å². The molecule has 132 valence electrons. The van der Waals surface area contributed by atoms with Crippen LogP contribution in [0.3, 0.4) is 0 Å². The number of ether oxygens (including phenoxy) is 1. The van der Waals surface area contributed by atoms with Gasteiger partial charge in [-0.05, 0) is 38.3 Å². The molecule has 2 heterocycles. The van der Waals surface area contributed by atoms with E-state index in [0.717, 1.165) is 24.1 Å². The summed E-state index contributed by atoms with van der Waals surface area (Å²) in [5.74, 6) is 0. The Morgan fingerprint density at radius 3 is 2.72 bits per heavy atom. The standard InChI is InChI=1S/C20H25N3O2/c1-20(2,3)25-19(24)22-11-7-10-17(14-22)18-12-21-23(15-18)13-16-8-5-4-6-9-16/h4-6,8-10,12,15H,7,11,13-14H2,1-3H3. The lowest BCUT2D eigenvalue weighted by Gasteiger charge is -2.30. The summed E-state index contributed by atoms with van der Waals surface area (Å²) in [7, 11) is 0. The third kappa shape index (κ3) is 4.72. The molecule has 0 radical (unpaired) electrons. The van der Waals surface area contributed by atoms with Crippen LogP contribution >= 0.6 is 0 Å². The maximum absolute atomic E-state index is 12.3. The first-order chi connectivity index (χ1) is 11.9. The molecule has 0 unspecified atom stereocenters. The molecule has 0 saturated carbocycles. The predicted molar refractivity (Wildman–Crippen MR) is 98.2 cm³/mol. The Morgan fingerprint density at radius 2 is 2.00 bits per heavy atom. The first-order valence-electron chi connectivity index (χ1n) is 8.64. The molecule has 1 amide bonds. The normalized spacial score (nSPS) is 15.0. The molecule has 0 spiro atoms. The second-order valence-electron chi connectivity index (χ2n) is 7.33. The molecule has 5 heteroatoms. The summed E-state index contributed by atoms with van der Waals surface area (Å²) < 4.78 is 7.41. The molecular formula is C20H25N3O2. The van der Waals surface area contributed by atoms with Gasteiger partial charge in [-0.15, -0.1) is 0 Å². The molecule has 2 aromatic rings. The van der Waals surface area contributed by atoms with E-state index in [1.54, 1.807) is 4.90 Å². The summed E-state index contributed by atoms with van der Waals surface area (Å²) in [5.41, 5.74) is 2.92. The Morgan fingerprint density at radius 1 is 1.24 bits per heavy atom. The number of hydrogen-bond acceptors (Lipinski definition) is 3. The van der Waals surface area contributed by atoms with Gasteiger partial charge in [0.1, 0.15) is 5.60 Å². The van der Waals surface area contributed by atoms with Crippen LogP contribution in [0.4, 0.5) is 4.79 Å². The van der Waals surface area contributed by atoms with Crippen LogP contribution in [-0.2, 0) is 11.3 Å². The smallest absolute Gasteiger partial charge is 0.410 e. The quantitative estimate of drug-likeness (QED) is 0.850. The number of carbonyl (C=O) groups excluding carboxylic acids is 1. The molecule has 0 bridgehead atoms. The maximum Gasteiger partial charge on any atom is 0.410 e. The van der Waals surface area contributed by atoms with Crippen LogP contribution in [-0.4, -0.2) is 39.5 Å². The fourth-order valence-electron chi connectivity index (χ4n) is 2.82. The predicted octanol–water partition coefficient (Wildman–Crippen LogP) is 3.96. The van der Waals surface area contributed by atoms with E-state index in [2.05, 4.69) is 23.3 Å². The Kier molecular flexibility index (Phi) is 4.93. The van der Waals surface area contributed by atoms with Gasteiger partial charge in [0, 0.05) is 24.8 Å². The van der Waals surface area contributed by atoms with Crippen LogP contribution in [0.1, 0.15) is 38.3 Å². The van der Waals surface area contributed by atoms with Crippen molar-refractivity contribution in [3.8, 4) is 0 Å². The molecule has 1 aliphatic heterocycles. The molecule has 1 aromatic heterocycles. The molecule has 3 rings (SSSR count). The van der Waals surface area contributed by atoms with Crippen LogP contribution < -0.4 is 0 Å². The largest absolute Gasteiger partial charge is 0.444 e. The Balaban J connectivity index is 1.66. The van der Waals surface area contributed by atoms with Crippen molar-refractivity contribution >= 4 is 11.7 Å². The van der Waals surface area contributed by atoms with Crippen molar-refractivity contribution in [3.05, 3.63) is 59.9 Å². The molecule has 0 saturated heterocycles. The number of amides is 1. The Bertz CT molecular complexity index is 757. The lowest BCUT2D eigenvalue weighted by molar-refractivity contribution is 0.0273. The molecule has 0 aliphatic carbocycles. The summed E-state index contributed by atoms with van der Waals surface area (Å²) >= 11 is 0. The fraction of sp³-hybridized carbons (Fsp3) is 0.400. The molecule has 25 heavy (non-hydrogen) atoms. The Labute approximate surface area is 148 Å². The average Bonchev–Trinajstić information content (AvgIpc) is 3.03. The van der Waals surface area contributed by atoms with E-state index in [9.17, 15) is 4.79 Å². The molecule has 0 fully saturated rings. The lowest BCUT2D eigenvalue weighted by atomic mass is 10.0. The van der Waals surface area contributed by atoms with Crippen molar-refractivity contribution in [3.63, 3.8) is 0 Å². The highest BCUT2D eigenvalue weighted by Crippen LogP contribution is 2.22. The number of nitrogens with zero attached hydrogens (tertiary/aromatic N) is 3. The number of benzene rings is 1. The van der Waals surface area contributed by atoms with Gasteiger partial charge in [0.05, 0.1) is 12.7 Å². The molecule has 1 aliphatic rings. The number of rotatable bonds is 3. The van der Waals surface area contributed by atoms with Crippen molar-refractivity contribution < 1.29 is 9.53 Å². The van der Waals surface area contributed by atoms with Gasteiger partial charge in [-0.1, -0.05) is 36.4 Å². The molecular weight excluding hydrogens is 314 g/mol. The van der Waals surface area contributed by atoms with Crippen LogP contribution in [0.25, 0.3) is 5.57 Å². The van der Waals surface area contributed by atoms with Crippen molar-refractivity contribution in [2.24, 2.45) is 0 Å². The van der Waals surface area contributed by atoms with Gasteiger partial charge < -0.3 is 9.64 Å². The van der Waals surface area contributed by atoms with Gasteiger partial charge in [0.25, 0.3) is 0 Å². The highest BCUT2D eigenvalue weighted by molar-refractivity contribution is 5.75. The van der Waals surface area contributed by atoms with E-state index in [4.69, 9.17) is 4.74 Å². The second-order valence-corrected chi connectivity index (χ2v) is 7.33. The average molecular weight is 339 g/mol. The maximum atomic E-state index is 12.3. The zero-order valence-corrected chi connectivity index (χ0v) is 15.1. The van der Waals surface area contributed by atoms with Gasteiger partial charge in [0.15, 0.2) is 0 Å². The van der Waals surface area contributed by atoms with E-state index in [0.29, 0.717) is 13.1 Å². The highest BCUT2D eigenvalue weighted by atomic mass is 16.6. The highest BCUT2D eigenvalue weighted by Gasteiger charge is 2.25. The van der Waals surface area contributed by atoms with Crippen molar-refractivity contribution in [1.29, 1.82) is 0 Å². The first-order valence-corrected chi connectivity index (χ1v) is 8.64. The monoisotopic (exact) mass is 339 g/mol. The summed E-state index contributed by atoms with van der Waals surface area (Å²) in [6.07, 6.45) is 6.67. The molecule has 0 N–H and O–H groups in total. The lowest BCUT2D eigenvalue weighted by Crippen LogP contribution is -2.39. The van der Waals surface area contributed by atoms with E-state index in [1.165, 1.54) is 5.56 Å². The molecule has 1 aromatic carbocycles. The minimum absolute atomic E-state index is 0.255. The molecule has 5 nitrogen and oxygen atoms in total. The third-order valence-corrected chi connectivity index (χ3v) is 3.99. The van der Waals surface area contributed by atoms with E-state index >= 15 is 0 Å². The van der Waals surface area contributed by atoms with Gasteiger partial charge in [-0.25, -0.2) is 4.79 Å². The Hall–Kier alpha value is -2.56. The number of hydrogen-bond donors (Lipinski definition) is 0. The van der Waals surface area contributed by atoms with Gasteiger partial charge in [-0.3, -0.25) is 4.68 Å². The number of carbonyl (C=O) groups is 1.